The third-order valence-electron chi connectivity index (χ3n) is 2.34. The van der Waals surface area contributed by atoms with Crippen molar-refractivity contribution in [3.05, 3.63) is 47.1 Å². The fraction of sp³-hybridized carbons (Fsp3) is 0.0769. The first kappa shape index (κ1) is 13.2. The molecule has 1 aromatic heterocycles. The van der Waals surface area contributed by atoms with E-state index in [1.54, 1.807) is 18.2 Å². The van der Waals surface area contributed by atoms with Gasteiger partial charge >= 0.3 is 5.97 Å². The Labute approximate surface area is 114 Å². The SMILES string of the molecule is COc1ccc(Oc2ccc(Cl)c(C(=O)O)c2)nc1. The fourth-order valence-electron chi connectivity index (χ4n) is 1.40. The van der Waals surface area contributed by atoms with Crippen molar-refractivity contribution < 1.29 is 19.4 Å². The number of aromatic nitrogens is 1. The highest BCUT2D eigenvalue weighted by Gasteiger charge is 2.10. The Morgan fingerprint density at radius 1 is 1.26 bits per heavy atom. The van der Waals surface area contributed by atoms with Gasteiger partial charge in [-0.3, -0.25) is 0 Å². The first-order valence-corrected chi connectivity index (χ1v) is 5.68. The molecule has 0 aliphatic carbocycles. The molecule has 0 bridgehead atoms. The zero-order valence-corrected chi connectivity index (χ0v) is 10.7. The van der Waals surface area contributed by atoms with E-state index in [-0.39, 0.29) is 10.6 Å². The molecule has 0 spiro atoms. The predicted molar refractivity (Wildman–Crippen MR) is 69.3 cm³/mol. The standard InChI is InChI=1S/C13H10ClNO4/c1-18-9-3-5-12(15-7-9)19-8-2-4-11(14)10(6-8)13(16)17/h2-7H,1H3,(H,16,17). The van der Waals surface area contributed by atoms with Crippen molar-refractivity contribution in [2.75, 3.05) is 7.11 Å². The second kappa shape index (κ2) is 5.58. The smallest absolute Gasteiger partial charge is 0.337 e. The third-order valence-corrected chi connectivity index (χ3v) is 2.67. The van der Waals surface area contributed by atoms with E-state index in [1.807, 2.05) is 0 Å². The molecule has 5 nitrogen and oxygen atoms in total. The molecule has 98 valence electrons. The molecule has 2 aromatic rings. The normalized spacial score (nSPS) is 10.0. The minimum absolute atomic E-state index is 0.0207. The van der Waals surface area contributed by atoms with Crippen LogP contribution in [0.25, 0.3) is 0 Å². The highest BCUT2D eigenvalue weighted by molar-refractivity contribution is 6.33. The van der Waals surface area contributed by atoms with Crippen molar-refractivity contribution >= 4 is 17.6 Å². The van der Waals surface area contributed by atoms with Crippen LogP contribution in [0.3, 0.4) is 0 Å². The molecule has 0 aliphatic rings. The van der Waals surface area contributed by atoms with Crippen molar-refractivity contribution in [1.82, 2.24) is 4.98 Å². The highest BCUT2D eigenvalue weighted by atomic mass is 35.5. The van der Waals surface area contributed by atoms with Crippen molar-refractivity contribution in [1.29, 1.82) is 0 Å². The van der Waals surface area contributed by atoms with Gasteiger partial charge in [-0.05, 0) is 24.3 Å². The van der Waals surface area contributed by atoms with Gasteiger partial charge in [0.15, 0.2) is 0 Å². The van der Waals surface area contributed by atoms with Crippen LogP contribution in [0.2, 0.25) is 5.02 Å². The van der Waals surface area contributed by atoms with Gasteiger partial charge < -0.3 is 14.6 Å². The number of carbonyl (C=O) groups is 1. The molecule has 1 aromatic carbocycles. The van der Waals surface area contributed by atoms with Gasteiger partial charge in [-0.1, -0.05) is 11.6 Å². The van der Waals surface area contributed by atoms with Gasteiger partial charge in [-0.2, -0.15) is 0 Å². The van der Waals surface area contributed by atoms with Crippen molar-refractivity contribution in [2.24, 2.45) is 0 Å². The summed E-state index contributed by atoms with van der Waals surface area (Å²) in [6, 6.07) is 7.69. The number of hydrogen-bond donors (Lipinski definition) is 1. The number of benzene rings is 1. The second-order valence-corrected chi connectivity index (χ2v) is 3.99. The van der Waals surface area contributed by atoms with Gasteiger partial charge in [-0.25, -0.2) is 9.78 Å². The minimum Gasteiger partial charge on any atom is -0.495 e. The Morgan fingerprint density at radius 2 is 2.00 bits per heavy atom. The summed E-state index contributed by atoms with van der Waals surface area (Å²) in [7, 11) is 1.54. The van der Waals surface area contributed by atoms with Crippen LogP contribution in [0.5, 0.6) is 17.4 Å². The lowest BCUT2D eigenvalue weighted by Gasteiger charge is -2.07. The van der Waals surface area contributed by atoms with Gasteiger partial charge in [0.05, 0.1) is 23.9 Å². The van der Waals surface area contributed by atoms with E-state index in [1.165, 1.54) is 25.4 Å². The van der Waals surface area contributed by atoms with Crippen LogP contribution in [0.4, 0.5) is 0 Å². The van der Waals surface area contributed by atoms with E-state index in [2.05, 4.69) is 4.98 Å². The number of methoxy groups -OCH3 is 1. The molecule has 2 rings (SSSR count). The van der Waals surface area contributed by atoms with Crippen LogP contribution in [0.15, 0.2) is 36.5 Å². The van der Waals surface area contributed by atoms with E-state index < -0.39 is 5.97 Å². The maximum Gasteiger partial charge on any atom is 0.337 e. The largest absolute Gasteiger partial charge is 0.495 e. The lowest BCUT2D eigenvalue weighted by Crippen LogP contribution is -1.98. The van der Waals surface area contributed by atoms with E-state index in [0.29, 0.717) is 17.4 Å². The lowest BCUT2D eigenvalue weighted by atomic mass is 10.2. The first-order valence-electron chi connectivity index (χ1n) is 5.31. The van der Waals surface area contributed by atoms with Gasteiger partial charge in [0.25, 0.3) is 0 Å². The number of carboxylic acids is 1. The average Bonchev–Trinajstić information content (AvgIpc) is 2.41. The summed E-state index contributed by atoms with van der Waals surface area (Å²) in [5.74, 6) is 0.173. The zero-order valence-electron chi connectivity index (χ0n) is 9.96. The number of carboxylic acid groups (broad SMARTS) is 1. The lowest BCUT2D eigenvalue weighted by molar-refractivity contribution is 0.0696. The average molecular weight is 280 g/mol. The summed E-state index contributed by atoms with van der Waals surface area (Å²) in [4.78, 5) is 15.0. The first-order chi connectivity index (χ1) is 9.10. The molecule has 19 heavy (non-hydrogen) atoms. The number of hydrogen-bond acceptors (Lipinski definition) is 4. The number of halogens is 1. The quantitative estimate of drug-likeness (QED) is 0.930. The molecule has 1 N–H and O–H groups in total. The maximum absolute atomic E-state index is 10.9. The maximum atomic E-state index is 10.9. The Morgan fingerprint density at radius 3 is 2.58 bits per heavy atom. The van der Waals surface area contributed by atoms with Gasteiger partial charge in [0, 0.05) is 6.07 Å². The van der Waals surface area contributed by atoms with Crippen molar-refractivity contribution in [3.8, 4) is 17.4 Å². The predicted octanol–water partition coefficient (Wildman–Crippen LogP) is 3.23. The van der Waals surface area contributed by atoms with E-state index in [0.717, 1.165) is 0 Å². The van der Waals surface area contributed by atoms with Crippen LogP contribution >= 0.6 is 11.6 Å². The van der Waals surface area contributed by atoms with Crippen LogP contribution in [-0.2, 0) is 0 Å². The number of aromatic carboxylic acids is 1. The second-order valence-electron chi connectivity index (χ2n) is 3.59. The van der Waals surface area contributed by atoms with Crippen LogP contribution < -0.4 is 9.47 Å². The Hall–Kier alpha value is -2.27. The van der Waals surface area contributed by atoms with E-state index >= 15 is 0 Å². The molecule has 6 heteroatoms. The monoisotopic (exact) mass is 279 g/mol. The van der Waals surface area contributed by atoms with Crippen molar-refractivity contribution in [3.63, 3.8) is 0 Å². The Kier molecular flexibility index (Phi) is 3.87. The highest BCUT2D eigenvalue weighted by Crippen LogP contribution is 2.26. The van der Waals surface area contributed by atoms with Gasteiger partial charge in [0.2, 0.25) is 5.88 Å². The van der Waals surface area contributed by atoms with Crippen LogP contribution in [0, 0.1) is 0 Å². The summed E-state index contributed by atoms with van der Waals surface area (Å²) in [6.07, 6.45) is 1.50. The minimum atomic E-state index is -1.11. The van der Waals surface area contributed by atoms with Gasteiger partial charge in [-0.15, -0.1) is 0 Å². The molecular formula is C13H10ClNO4. The number of rotatable bonds is 4. The van der Waals surface area contributed by atoms with Gasteiger partial charge in [0.1, 0.15) is 11.5 Å². The molecule has 0 aliphatic heterocycles. The van der Waals surface area contributed by atoms with Crippen LogP contribution in [-0.4, -0.2) is 23.2 Å². The molecule has 0 saturated heterocycles. The molecule has 0 amide bonds. The molecule has 0 atom stereocenters. The Bertz CT molecular complexity index is 598. The summed E-state index contributed by atoms with van der Waals surface area (Å²) in [5, 5.41) is 9.11. The Balaban J connectivity index is 2.22. The molecule has 0 saturated carbocycles. The number of pyridine rings is 1. The summed E-state index contributed by atoms with van der Waals surface area (Å²) in [6.45, 7) is 0. The third kappa shape index (κ3) is 3.14. The summed E-state index contributed by atoms with van der Waals surface area (Å²) < 4.78 is 10.4. The number of nitrogens with zero attached hydrogens (tertiary/aromatic N) is 1. The number of ether oxygens (including phenoxy) is 2. The van der Waals surface area contributed by atoms with Crippen LogP contribution in [0.1, 0.15) is 10.4 Å². The fourth-order valence-corrected chi connectivity index (χ4v) is 1.60. The molecule has 0 unspecified atom stereocenters. The molecule has 0 radical (unpaired) electrons. The zero-order chi connectivity index (χ0) is 13.8. The molecular weight excluding hydrogens is 270 g/mol. The molecule has 0 fully saturated rings. The van der Waals surface area contributed by atoms with Crippen molar-refractivity contribution in [2.45, 2.75) is 0 Å². The molecule has 1 heterocycles. The topological polar surface area (TPSA) is 68.7 Å². The summed E-state index contributed by atoms with van der Waals surface area (Å²) in [5.41, 5.74) is -0.0207. The van der Waals surface area contributed by atoms with E-state index in [9.17, 15) is 4.79 Å². The summed E-state index contributed by atoms with van der Waals surface area (Å²) >= 11 is 5.77. The van der Waals surface area contributed by atoms with E-state index in [4.69, 9.17) is 26.2 Å².